The summed E-state index contributed by atoms with van der Waals surface area (Å²) < 4.78 is 2.42. The van der Waals surface area contributed by atoms with E-state index in [4.69, 9.17) is 0 Å². The minimum atomic E-state index is 0.937. The molecule has 1 atom stereocenters. The molecule has 0 aliphatic rings. The monoisotopic (exact) mass is 129 g/mol. The second kappa shape index (κ2) is 3.96. The third kappa shape index (κ3) is 3.59. The van der Waals surface area contributed by atoms with Gasteiger partial charge < -0.3 is 3.88 Å². The van der Waals surface area contributed by atoms with Crippen LogP contribution in [0.3, 0.4) is 0 Å². The van der Waals surface area contributed by atoms with Crippen LogP contribution in [-0.4, -0.2) is 48.6 Å². The zero-order chi connectivity index (χ0) is 5.86. The molecule has 3 heteroatoms. The molecule has 0 aromatic heterocycles. The predicted octanol–water partition coefficient (Wildman–Crippen LogP) is -1.16. The summed E-state index contributed by atoms with van der Waals surface area (Å²) in [4.78, 5) is 0.937. The zero-order valence-electron chi connectivity index (χ0n) is 5.73. The minimum absolute atomic E-state index is 0.937. The van der Waals surface area contributed by atoms with Gasteiger partial charge in [0.25, 0.3) is 0 Å². The lowest BCUT2D eigenvalue weighted by molar-refractivity contribution is 0.490. The van der Waals surface area contributed by atoms with E-state index in [1.165, 1.54) is 39.2 Å². The summed E-state index contributed by atoms with van der Waals surface area (Å²) in [5, 5.41) is 0. The summed E-state index contributed by atoms with van der Waals surface area (Å²) in [7, 11) is 2.20. The van der Waals surface area contributed by atoms with Gasteiger partial charge in [0.1, 0.15) is 0 Å². The van der Waals surface area contributed by atoms with Crippen molar-refractivity contribution in [2.45, 2.75) is 18.2 Å². The Kier molecular flexibility index (Phi) is 4.54. The quantitative estimate of drug-likeness (QED) is 0.425. The molecule has 0 N–H and O–H groups in total. The molecule has 0 rings (SSSR count). The van der Waals surface area contributed by atoms with Crippen LogP contribution >= 0.6 is 0 Å². The van der Waals surface area contributed by atoms with Crippen LogP contribution in [0, 0.1) is 0 Å². The molecule has 0 amide bonds. The van der Waals surface area contributed by atoms with Crippen LogP contribution < -0.4 is 0 Å². The van der Waals surface area contributed by atoms with Gasteiger partial charge in [-0.1, -0.05) is 18.2 Å². The molecular formula is C4H13Al2N. The molecule has 0 aliphatic heterocycles. The van der Waals surface area contributed by atoms with Crippen molar-refractivity contribution in [3.63, 3.8) is 0 Å². The van der Waals surface area contributed by atoms with E-state index >= 15 is 0 Å². The van der Waals surface area contributed by atoms with Crippen LogP contribution in [-0.2, 0) is 0 Å². The molecule has 0 aromatic carbocycles. The molecular weight excluding hydrogens is 116 g/mol. The third-order valence-electron chi connectivity index (χ3n) is 1.47. The Hall–Kier alpha value is 1.02. The van der Waals surface area contributed by atoms with Crippen molar-refractivity contribution in [1.82, 2.24) is 3.88 Å². The molecule has 0 heterocycles. The standard InChI is InChI=1S/C4H9N.2Al.4H/c1-3-4-5-2;;;;;;/h4H,3H2,1-2H3;;;;;;/q-1;;+1;;;;. The molecule has 0 saturated carbocycles. The molecule has 0 aliphatic carbocycles. The third-order valence-corrected chi connectivity index (χ3v) is 5.24. The first-order valence-electron chi connectivity index (χ1n) is 2.85. The van der Waals surface area contributed by atoms with Crippen LogP contribution in [0.5, 0.6) is 0 Å². The highest BCUT2D eigenvalue weighted by Gasteiger charge is 1.97. The Morgan fingerprint density at radius 2 is 2.14 bits per heavy atom. The molecule has 0 radical (unpaired) electrons. The van der Waals surface area contributed by atoms with Crippen LogP contribution in [0.1, 0.15) is 13.3 Å². The van der Waals surface area contributed by atoms with Crippen LogP contribution in [0.2, 0.25) is 0 Å². The Morgan fingerprint density at radius 1 is 1.71 bits per heavy atom. The van der Waals surface area contributed by atoms with Gasteiger partial charge in [0.15, 0.2) is 0 Å². The second-order valence-corrected chi connectivity index (χ2v) is 4.96. The van der Waals surface area contributed by atoms with E-state index in [2.05, 4.69) is 17.9 Å². The van der Waals surface area contributed by atoms with Gasteiger partial charge in [-0.05, 0) is 7.05 Å². The number of hydrogen-bond donors (Lipinski definition) is 0. The van der Waals surface area contributed by atoms with Crippen LogP contribution in [0.25, 0.3) is 0 Å². The normalized spacial score (nSPS) is 14.7. The Labute approximate surface area is 62.1 Å². The molecule has 0 aromatic rings. The maximum Gasteiger partial charge on any atom is 0.320 e. The Morgan fingerprint density at radius 3 is 2.14 bits per heavy atom. The first kappa shape index (κ1) is 8.02. The van der Waals surface area contributed by atoms with E-state index in [0.29, 0.717) is 0 Å². The lowest BCUT2D eigenvalue weighted by Gasteiger charge is -2.18. The molecule has 0 fully saturated rings. The van der Waals surface area contributed by atoms with Gasteiger partial charge in [-0.15, -0.1) is 0 Å². The average Bonchev–Trinajstić information content (AvgIpc) is 1.65. The molecule has 40 valence electrons. The SMILES string of the molecule is CC[CH]([AlH2])[N](C)[AlH2]. The van der Waals surface area contributed by atoms with Gasteiger partial charge in [0.2, 0.25) is 16.3 Å². The first-order valence-corrected chi connectivity index (χ1v) is 4.89. The largest absolute Gasteiger partial charge is 0.403 e. The summed E-state index contributed by atoms with van der Waals surface area (Å²) in [6.07, 6.45) is 1.34. The van der Waals surface area contributed by atoms with E-state index in [9.17, 15) is 0 Å². The minimum Gasteiger partial charge on any atom is -0.403 e. The van der Waals surface area contributed by atoms with Crippen molar-refractivity contribution >= 4 is 32.8 Å². The zero-order valence-corrected chi connectivity index (χ0v) is 9.73. The van der Waals surface area contributed by atoms with Gasteiger partial charge in [-0.2, -0.15) is 0 Å². The molecule has 7 heavy (non-hydrogen) atoms. The highest BCUT2D eigenvalue weighted by molar-refractivity contribution is 6.16. The Balaban J connectivity index is 3.14. The van der Waals surface area contributed by atoms with Crippen molar-refractivity contribution in [1.29, 1.82) is 0 Å². The van der Waals surface area contributed by atoms with E-state index in [1.807, 2.05) is 0 Å². The fourth-order valence-electron chi connectivity index (χ4n) is 0.365. The lowest BCUT2D eigenvalue weighted by atomic mass is 10.5. The van der Waals surface area contributed by atoms with Gasteiger partial charge in [-0.25, -0.2) is 0 Å². The highest BCUT2D eigenvalue weighted by atomic mass is 27.1. The van der Waals surface area contributed by atoms with Crippen molar-refractivity contribution in [3.05, 3.63) is 0 Å². The summed E-state index contributed by atoms with van der Waals surface area (Å²) in [5.41, 5.74) is 0. The fourth-order valence-corrected chi connectivity index (χ4v) is 0.730. The summed E-state index contributed by atoms with van der Waals surface area (Å²) >= 11 is 2.57. The molecule has 1 unspecified atom stereocenters. The van der Waals surface area contributed by atoms with Gasteiger partial charge in [-0.3, -0.25) is 0 Å². The summed E-state index contributed by atoms with van der Waals surface area (Å²) in [6.45, 7) is 2.26. The van der Waals surface area contributed by atoms with Gasteiger partial charge in [0, 0.05) is 0 Å². The first-order chi connectivity index (χ1) is 3.18. The van der Waals surface area contributed by atoms with E-state index in [0.717, 1.165) is 4.90 Å². The molecule has 0 saturated heterocycles. The van der Waals surface area contributed by atoms with E-state index < -0.39 is 0 Å². The predicted molar refractivity (Wildman–Crippen MR) is 38.9 cm³/mol. The van der Waals surface area contributed by atoms with E-state index in [-0.39, 0.29) is 0 Å². The topological polar surface area (TPSA) is 3.24 Å². The lowest BCUT2D eigenvalue weighted by Crippen LogP contribution is -2.28. The average molecular weight is 129 g/mol. The highest BCUT2D eigenvalue weighted by Crippen LogP contribution is 1.88. The van der Waals surface area contributed by atoms with Crippen molar-refractivity contribution in [2.75, 3.05) is 7.05 Å². The van der Waals surface area contributed by atoms with E-state index in [1.54, 1.807) is 0 Å². The maximum absolute atomic E-state index is 2.42. The fraction of sp³-hybridized carbons (Fsp3) is 1.00. The Bertz CT molecular complexity index is 47.0. The smallest absolute Gasteiger partial charge is 0.320 e. The van der Waals surface area contributed by atoms with Crippen molar-refractivity contribution in [2.24, 2.45) is 0 Å². The number of nitrogens with zero attached hydrogens (tertiary/aromatic N) is 1. The molecule has 1 nitrogen and oxygen atoms in total. The number of rotatable bonds is 2. The molecule has 0 bridgehead atoms. The van der Waals surface area contributed by atoms with Crippen molar-refractivity contribution < 1.29 is 0 Å². The summed E-state index contributed by atoms with van der Waals surface area (Å²) in [5.74, 6) is 0. The van der Waals surface area contributed by atoms with Crippen molar-refractivity contribution in [3.8, 4) is 0 Å². The molecule has 0 spiro atoms. The maximum atomic E-state index is 2.42. The summed E-state index contributed by atoms with van der Waals surface area (Å²) in [6, 6.07) is 0. The second-order valence-electron chi connectivity index (χ2n) is 2.22. The van der Waals surface area contributed by atoms with Crippen LogP contribution in [0.15, 0.2) is 0 Å². The van der Waals surface area contributed by atoms with Gasteiger partial charge >= 0.3 is 16.5 Å². The van der Waals surface area contributed by atoms with Gasteiger partial charge in [0.05, 0.1) is 0 Å². The van der Waals surface area contributed by atoms with Crippen LogP contribution in [0.4, 0.5) is 0 Å². The number of hydrogen-bond acceptors (Lipinski definition) is 1.